The topological polar surface area (TPSA) is 75.7 Å². The Kier molecular flexibility index (Phi) is 7.96. The zero-order valence-corrected chi connectivity index (χ0v) is 20.2. The highest BCUT2D eigenvalue weighted by Gasteiger charge is 2.32. The molecule has 1 aliphatic heterocycles. The fourth-order valence-electron chi connectivity index (χ4n) is 3.97. The molecule has 1 N–H and O–H groups in total. The van der Waals surface area contributed by atoms with Crippen LogP contribution >= 0.6 is 0 Å². The number of piperidine rings is 1. The minimum atomic E-state index is -3.54. The van der Waals surface area contributed by atoms with Crippen molar-refractivity contribution in [1.82, 2.24) is 9.62 Å². The van der Waals surface area contributed by atoms with Crippen LogP contribution in [0.4, 0.5) is 0 Å². The van der Waals surface area contributed by atoms with Crippen molar-refractivity contribution >= 4 is 15.9 Å². The first-order valence-electron chi connectivity index (χ1n) is 11.4. The van der Waals surface area contributed by atoms with Gasteiger partial charge in [0, 0.05) is 19.0 Å². The second-order valence-electron chi connectivity index (χ2n) is 8.63. The molecule has 3 rings (SSSR count). The number of nitrogens with one attached hydrogen (secondary N) is 1. The van der Waals surface area contributed by atoms with Crippen molar-refractivity contribution in [2.45, 2.75) is 57.4 Å². The maximum Gasteiger partial charge on any atom is 0.243 e. The fraction of sp³-hybridized carbons (Fsp3) is 0.480. The molecule has 0 aromatic heterocycles. The highest BCUT2D eigenvalue weighted by atomic mass is 32.2. The third-order valence-corrected chi connectivity index (χ3v) is 7.97. The molecule has 32 heavy (non-hydrogen) atoms. The first-order valence-corrected chi connectivity index (χ1v) is 12.8. The van der Waals surface area contributed by atoms with Crippen LogP contribution in [0.1, 0.15) is 63.6 Å². The van der Waals surface area contributed by atoms with Gasteiger partial charge in [-0.05, 0) is 68.0 Å². The summed E-state index contributed by atoms with van der Waals surface area (Å²) in [6.45, 7) is 9.37. The van der Waals surface area contributed by atoms with Gasteiger partial charge in [-0.3, -0.25) is 4.79 Å². The van der Waals surface area contributed by atoms with E-state index in [1.54, 1.807) is 12.1 Å². The van der Waals surface area contributed by atoms with E-state index >= 15 is 0 Å². The van der Waals surface area contributed by atoms with Gasteiger partial charge < -0.3 is 10.1 Å². The summed E-state index contributed by atoms with van der Waals surface area (Å²) in [7, 11) is -3.54. The molecule has 0 bridgehead atoms. The van der Waals surface area contributed by atoms with Crippen molar-refractivity contribution in [3.8, 4) is 5.75 Å². The summed E-state index contributed by atoms with van der Waals surface area (Å²) in [6, 6.07) is 14.7. The Labute approximate surface area is 192 Å². The molecule has 0 spiro atoms. The molecule has 174 valence electrons. The van der Waals surface area contributed by atoms with Gasteiger partial charge in [0.15, 0.2) is 0 Å². The standard InChI is InChI=1S/C25H34N2O4S/c1-5-31-23-10-6-21(7-11-23)19(4)26-25(28)22-14-16-27(17-15-22)32(29,30)24-12-8-20(9-13-24)18(2)3/h6-13,18-19,22H,5,14-17H2,1-4H3,(H,26,28). The Morgan fingerprint density at radius 2 is 1.56 bits per heavy atom. The van der Waals surface area contributed by atoms with Crippen molar-refractivity contribution in [2.24, 2.45) is 5.92 Å². The normalized spacial score (nSPS) is 16.7. The highest BCUT2D eigenvalue weighted by molar-refractivity contribution is 7.89. The van der Waals surface area contributed by atoms with Crippen LogP contribution in [0.25, 0.3) is 0 Å². The molecule has 0 radical (unpaired) electrons. The Bertz CT molecular complexity index is 993. The lowest BCUT2D eigenvalue weighted by Crippen LogP contribution is -2.43. The number of nitrogens with zero attached hydrogens (tertiary/aromatic N) is 1. The summed E-state index contributed by atoms with van der Waals surface area (Å²) in [5.74, 6) is 0.952. The molecular weight excluding hydrogens is 424 g/mol. The van der Waals surface area contributed by atoms with Crippen molar-refractivity contribution in [3.63, 3.8) is 0 Å². The van der Waals surface area contributed by atoms with Gasteiger partial charge in [-0.15, -0.1) is 0 Å². The van der Waals surface area contributed by atoms with Crippen molar-refractivity contribution in [2.75, 3.05) is 19.7 Å². The van der Waals surface area contributed by atoms with E-state index in [0.29, 0.717) is 43.4 Å². The van der Waals surface area contributed by atoms with E-state index in [1.165, 1.54) is 4.31 Å². The molecule has 6 nitrogen and oxygen atoms in total. The fourth-order valence-corrected chi connectivity index (χ4v) is 5.44. The lowest BCUT2D eigenvalue weighted by molar-refractivity contribution is -0.126. The maximum atomic E-state index is 13.0. The summed E-state index contributed by atoms with van der Waals surface area (Å²) >= 11 is 0. The molecule has 1 amide bonds. The van der Waals surface area contributed by atoms with E-state index in [1.807, 2.05) is 50.2 Å². The smallest absolute Gasteiger partial charge is 0.243 e. The minimum Gasteiger partial charge on any atom is -0.494 e. The monoisotopic (exact) mass is 458 g/mol. The first kappa shape index (κ1) is 24.3. The van der Waals surface area contributed by atoms with Gasteiger partial charge in [-0.25, -0.2) is 8.42 Å². The van der Waals surface area contributed by atoms with Gasteiger partial charge in [0.2, 0.25) is 15.9 Å². The zero-order valence-electron chi connectivity index (χ0n) is 19.4. The second kappa shape index (κ2) is 10.5. The zero-order chi connectivity index (χ0) is 23.3. The largest absolute Gasteiger partial charge is 0.494 e. The number of carbonyl (C=O) groups is 1. The van der Waals surface area contributed by atoms with E-state index in [2.05, 4.69) is 19.2 Å². The van der Waals surface area contributed by atoms with E-state index < -0.39 is 10.0 Å². The van der Waals surface area contributed by atoms with Crippen LogP contribution in [0.15, 0.2) is 53.4 Å². The summed E-state index contributed by atoms with van der Waals surface area (Å²) in [5.41, 5.74) is 2.12. The van der Waals surface area contributed by atoms with Crippen LogP contribution in [0.2, 0.25) is 0 Å². The van der Waals surface area contributed by atoms with Gasteiger partial charge in [-0.2, -0.15) is 4.31 Å². The summed E-state index contributed by atoms with van der Waals surface area (Å²) < 4.78 is 33.0. The number of hydrogen-bond donors (Lipinski definition) is 1. The maximum absolute atomic E-state index is 13.0. The predicted octanol–water partition coefficient (Wildman–Crippen LogP) is 4.49. The number of rotatable bonds is 8. The predicted molar refractivity (Wildman–Crippen MR) is 126 cm³/mol. The van der Waals surface area contributed by atoms with Crippen molar-refractivity contribution < 1.29 is 17.9 Å². The number of benzene rings is 2. The van der Waals surface area contributed by atoms with Gasteiger partial charge in [0.25, 0.3) is 0 Å². The highest BCUT2D eigenvalue weighted by Crippen LogP contribution is 2.26. The Morgan fingerprint density at radius 1 is 1.00 bits per heavy atom. The molecule has 1 aliphatic rings. The van der Waals surface area contributed by atoms with Crippen molar-refractivity contribution in [3.05, 3.63) is 59.7 Å². The quantitative estimate of drug-likeness (QED) is 0.633. The molecule has 2 aromatic rings. The molecule has 0 saturated carbocycles. The molecule has 1 saturated heterocycles. The molecule has 1 heterocycles. The van der Waals surface area contributed by atoms with Crippen molar-refractivity contribution in [1.29, 1.82) is 0 Å². The molecule has 7 heteroatoms. The number of hydrogen-bond acceptors (Lipinski definition) is 4. The van der Waals surface area contributed by atoms with E-state index in [4.69, 9.17) is 4.74 Å². The van der Waals surface area contributed by atoms with Gasteiger partial charge >= 0.3 is 0 Å². The van der Waals surface area contributed by atoms with E-state index in [9.17, 15) is 13.2 Å². The van der Waals surface area contributed by atoms with Crippen LogP contribution in [-0.2, 0) is 14.8 Å². The molecule has 0 aliphatic carbocycles. The Morgan fingerprint density at radius 3 is 2.09 bits per heavy atom. The average Bonchev–Trinajstić information content (AvgIpc) is 2.80. The number of ether oxygens (including phenoxy) is 1. The molecule has 1 fully saturated rings. The third kappa shape index (κ3) is 5.70. The summed E-state index contributed by atoms with van der Waals surface area (Å²) in [4.78, 5) is 13.1. The van der Waals surface area contributed by atoms with Gasteiger partial charge in [0.05, 0.1) is 17.5 Å². The van der Waals surface area contributed by atoms with Crippen LogP contribution in [0, 0.1) is 5.92 Å². The molecule has 1 unspecified atom stereocenters. The van der Waals surface area contributed by atoms with Gasteiger partial charge in [-0.1, -0.05) is 38.1 Å². The first-order chi connectivity index (χ1) is 15.2. The SMILES string of the molecule is CCOc1ccc(C(C)NC(=O)C2CCN(S(=O)(=O)c3ccc(C(C)C)cc3)CC2)cc1. The number of carbonyl (C=O) groups excluding carboxylic acids is 1. The number of sulfonamides is 1. The summed E-state index contributed by atoms with van der Waals surface area (Å²) in [6.07, 6.45) is 1.04. The van der Waals surface area contributed by atoms with Gasteiger partial charge in [0.1, 0.15) is 5.75 Å². The second-order valence-corrected chi connectivity index (χ2v) is 10.6. The van der Waals surface area contributed by atoms with Crippen LogP contribution in [0.5, 0.6) is 5.75 Å². The Hall–Kier alpha value is -2.38. The van der Waals surface area contributed by atoms with Crippen LogP contribution in [-0.4, -0.2) is 38.3 Å². The lowest BCUT2D eigenvalue weighted by Gasteiger charge is -2.31. The number of amides is 1. The van der Waals surface area contributed by atoms with Crippen LogP contribution in [0.3, 0.4) is 0 Å². The molecule has 1 atom stereocenters. The lowest BCUT2D eigenvalue weighted by atomic mass is 9.96. The average molecular weight is 459 g/mol. The molecule has 2 aromatic carbocycles. The Balaban J connectivity index is 1.55. The third-order valence-electron chi connectivity index (χ3n) is 6.06. The van der Waals surface area contributed by atoms with E-state index in [0.717, 1.165) is 16.9 Å². The van der Waals surface area contributed by atoms with Crippen LogP contribution < -0.4 is 10.1 Å². The van der Waals surface area contributed by atoms with E-state index in [-0.39, 0.29) is 17.9 Å². The minimum absolute atomic E-state index is 0.0234. The summed E-state index contributed by atoms with van der Waals surface area (Å²) in [5, 5.41) is 3.07. The molecular formula is C25H34N2O4S.